The van der Waals surface area contributed by atoms with Gasteiger partial charge in [-0.25, -0.2) is 4.79 Å². The highest BCUT2D eigenvalue weighted by atomic mass is 16.3. The van der Waals surface area contributed by atoms with Crippen LogP contribution in [0.3, 0.4) is 0 Å². The molecule has 1 unspecified atom stereocenters. The van der Waals surface area contributed by atoms with Crippen molar-refractivity contribution in [3.63, 3.8) is 0 Å². The summed E-state index contributed by atoms with van der Waals surface area (Å²) in [6.07, 6.45) is 0.977. The molecule has 0 bridgehead atoms. The molecule has 7 heteroatoms. The van der Waals surface area contributed by atoms with Crippen LogP contribution in [0.25, 0.3) is 0 Å². The number of aliphatic hydroxyl groups excluding tert-OH is 1. The summed E-state index contributed by atoms with van der Waals surface area (Å²) in [6, 6.07) is 6.13. The fourth-order valence-electron chi connectivity index (χ4n) is 3.03. The van der Waals surface area contributed by atoms with Crippen molar-refractivity contribution < 1.29 is 19.5 Å². The van der Waals surface area contributed by atoms with E-state index in [0.717, 1.165) is 6.42 Å². The predicted molar refractivity (Wildman–Crippen MR) is 81.6 cm³/mol. The maximum absolute atomic E-state index is 12.6. The Morgan fingerprint density at radius 1 is 1.39 bits per heavy atom. The average molecular weight is 317 g/mol. The molecule has 0 saturated carbocycles. The van der Waals surface area contributed by atoms with Gasteiger partial charge in [0.2, 0.25) is 0 Å². The lowest BCUT2D eigenvalue weighted by atomic mass is 9.90. The fraction of sp³-hybridized carbons (Fsp3) is 0.438. The summed E-state index contributed by atoms with van der Waals surface area (Å²) in [4.78, 5) is 37.6. The number of urea groups is 1. The van der Waals surface area contributed by atoms with Crippen molar-refractivity contribution in [2.24, 2.45) is 0 Å². The number of carbonyl (C=O) groups is 3. The first kappa shape index (κ1) is 15.5. The quantitative estimate of drug-likeness (QED) is 0.685. The molecule has 2 heterocycles. The molecule has 0 radical (unpaired) electrons. The molecule has 4 amide bonds. The molecule has 2 atom stereocenters. The van der Waals surface area contributed by atoms with Crippen LogP contribution in [0.4, 0.5) is 4.79 Å². The number of benzene rings is 1. The second-order valence-corrected chi connectivity index (χ2v) is 6.16. The Labute approximate surface area is 133 Å². The van der Waals surface area contributed by atoms with Gasteiger partial charge in [0.1, 0.15) is 5.54 Å². The number of imide groups is 1. The van der Waals surface area contributed by atoms with Crippen molar-refractivity contribution in [2.45, 2.75) is 31.4 Å². The molecular weight excluding hydrogens is 298 g/mol. The second kappa shape index (κ2) is 5.66. The second-order valence-electron chi connectivity index (χ2n) is 6.16. The number of nitrogens with zero attached hydrogens (tertiary/aromatic N) is 1. The molecule has 122 valence electrons. The smallest absolute Gasteiger partial charge is 0.322 e. The molecule has 2 saturated heterocycles. The van der Waals surface area contributed by atoms with Gasteiger partial charge in [0.25, 0.3) is 11.8 Å². The first-order valence-electron chi connectivity index (χ1n) is 7.61. The van der Waals surface area contributed by atoms with Crippen LogP contribution in [-0.4, -0.2) is 47.0 Å². The van der Waals surface area contributed by atoms with Gasteiger partial charge < -0.3 is 15.3 Å². The highest BCUT2D eigenvalue weighted by Gasteiger charge is 2.43. The summed E-state index contributed by atoms with van der Waals surface area (Å²) < 4.78 is 0. The van der Waals surface area contributed by atoms with Gasteiger partial charge in [-0.3, -0.25) is 14.9 Å². The molecule has 3 rings (SSSR count). The predicted octanol–water partition coefficient (Wildman–Crippen LogP) is 0.338. The summed E-state index contributed by atoms with van der Waals surface area (Å²) in [5.41, 5.74) is -0.203. The van der Waals surface area contributed by atoms with Gasteiger partial charge in [-0.1, -0.05) is 12.1 Å². The molecule has 0 aliphatic carbocycles. The van der Waals surface area contributed by atoms with E-state index in [1.165, 1.54) is 0 Å². The standard InChI is InChI=1S/C16H19N3O4/c1-16(14(22)17-15(23)18-16)11-5-2-4-10(8-11)13(21)19-7-3-6-12(20)9-19/h2,4-5,8,12,20H,3,6-7,9H2,1H3,(H2,17,18,22,23)/t12-,16?/m0/s1. The zero-order chi connectivity index (χ0) is 16.6. The Kier molecular flexibility index (Phi) is 3.81. The Balaban J connectivity index is 1.87. The number of nitrogens with one attached hydrogen (secondary N) is 2. The molecule has 23 heavy (non-hydrogen) atoms. The number of piperidine rings is 1. The van der Waals surface area contributed by atoms with Crippen molar-refractivity contribution >= 4 is 17.8 Å². The van der Waals surface area contributed by atoms with Gasteiger partial charge in [0.15, 0.2) is 0 Å². The molecular formula is C16H19N3O4. The molecule has 2 fully saturated rings. The molecule has 0 aromatic heterocycles. The zero-order valence-electron chi connectivity index (χ0n) is 12.8. The van der Waals surface area contributed by atoms with Gasteiger partial charge in [-0.15, -0.1) is 0 Å². The zero-order valence-corrected chi connectivity index (χ0v) is 12.8. The molecule has 3 N–H and O–H groups in total. The number of carbonyl (C=O) groups excluding carboxylic acids is 3. The minimum Gasteiger partial charge on any atom is -0.391 e. The molecule has 1 aromatic rings. The maximum atomic E-state index is 12.6. The lowest BCUT2D eigenvalue weighted by molar-refractivity contribution is -0.123. The van der Waals surface area contributed by atoms with Crippen LogP contribution in [0, 0.1) is 0 Å². The number of aliphatic hydroxyl groups is 1. The third-order valence-electron chi connectivity index (χ3n) is 4.42. The van der Waals surface area contributed by atoms with Crippen LogP contribution in [0.15, 0.2) is 24.3 Å². The SMILES string of the molecule is CC1(c2cccc(C(=O)N3CCC[C@H](O)C3)c2)NC(=O)NC1=O. The van der Waals surface area contributed by atoms with Gasteiger partial charge in [0, 0.05) is 18.7 Å². The van der Waals surface area contributed by atoms with Gasteiger partial charge in [0.05, 0.1) is 6.10 Å². The topological polar surface area (TPSA) is 98.7 Å². The number of amides is 4. The third kappa shape index (κ3) is 2.79. The Bertz CT molecular complexity index is 675. The first-order chi connectivity index (χ1) is 10.9. The maximum Gasteiger partial charge on any atom is 0.322 e. The largest absolute Gasteiger partial charge is 0.391 e. The van der Waals surface area contributed by atoms with Crippen LogP contribution >= 0.6 is 0 Å². The van der Waals surface area contributed by atoms with E-state index in [9.17, 15) is 19.5 Å². The monoisotopic (exact) mass is 317 g/mol. The van der Waals surface area contributed by atoms with E-state index in [0.29, 0.717) is 30.6 Å². The number of β-amino-alcohol motifs (C(OH)–C–C–N with tert-alkyl or cyclic N) is 1. The molecule has 7 nitrogen and oxygen atoms in total. The normalized spacial score (nSPS) is 27.6. The van der Waals surface area contributed by atoms with E-state index in [-0.39, 0.29) is 5.91 Å². The van der Waals surface area contributed by atoms with Crippen LogP contribution in [-0.2, 0) is 10.3 Å². The van der Waals surface area contributed by atoms with Crippen LogP contribution in [0.2, 0.25) is 0 Å². The average Bonchev–Trinajstić information content (AvgIpc) is 2.80. The fourth-order valence-corrected chi connectivity index (χ4v) is 3.03. The van der Waals surface area contributed by atoms with Gasteiger partial charge in [-0.05, 0) is 37.5 Å². The minimum absolute atomic E-state index is 0.182. The van der Waals surface area contributed by atoms with Crippen molar-refractivity contribution in [3.8, 4) is 0 Å². The van der Waals surface area contributed by atoms with Gasteiger partial charge >= 0.3 is 6.03 Å². The summed E-state index contributed by atoms with van der Waals surface area (Å²) in [7, 11) is 0. The van der Waals surface area contributed by atoms with E-state index in [1.807, 2.05) is 0 Å². The first-order valence-corrected chi connectivity index (χ1v) is 7.61. The van der Waals surface area contributed by atoms with E-state index in [4.69, 9.17) is 0 Å². The number of hydrogen-bond acceptors (Lipinski definition) is 4. The van der Waals surface area contributed by atoms with Crippen molar-refractivity contribution in [1.82, 2.24) is 15.5 Å². The molecule has 0 spiro atoms. The van der Waals surface area contributed by atoms with E-state index in [1.54, 1.807) is 36.1 Å². The molecule has 2 aliphatic heterocycles. The van der Waals surface area contributed by atoms with Crippen molar-refractivity contribution in [2.75, 3.05) is 13.1 Å². The van der Waals surface area contributed by atoms with E-state index in [2.05, 4.69) is 10.6 Å². The summed E-state index contributed by atoms with van der Waals surface area (Å²) in [5.74, 6) is -0.626. The van der Waals surface area contributed by atoms with Crippen LogP contribution < -0.4 is 10.6 Å². The van der Waals surface area contributed by atoms with Crippen molar-refractivity contribution in [1.29, 1.82) is 0 Å². The Morgan fingerprint density at radius 3 is 2.83 bits per heavy atom. The highest BCUT2D eigenvalue weighted by Crippen LogP contribution is 2.25. The minimum atomic E-state index is -1.19. The lowest BCUT2D eigenvalue weighted by Crippen LogP contribution is -2.43. The summed E-state index contributed by atoms with van der Waals surface area (Å²) in [5, 5.41) is 14.5. The Morgan fingerprint density at radius 2 is 2.17 bits per heavy atom. The summed E-state index contributed by atoms with van der Waals surface area (Å²) in [6.45, 7) is 2.52. The van der Waals surface area contributed by atoms with Crippen LogP contribution in [0.1, 0.15) is 35.7 Å². The number of likely N-dealkylation sites (tertiary alicyclic amines) is 1. The highest BCUT2D eigenvalue weighted by molar-refractivity contribution is 6.07. The van der Waals surface area contributed by atoms with Crippen LogP contribution in [0.5, 0.6) is 0 Å². The van der Waals surface area contributed by atoms with Gasteiger partial charge in [-0.2, -0.15) is 0 Å². The lowest BCUT2D eigenvalue weighted by Gasteiger charge is -2.30. The number of hydrogen-bond donors (Lipinski definition) is 3. The van der Waals surface area contributed by atoms with Crippen molar-refractivity contribution in [3.05, 3.63) is 35.4 Å². The number of rotatable bonds is 2. The third-order valence-corrected chi connectivity index (χ3v) is 4.42. The van der Waals surface area contributed by atoms with E-state index < -0.39 is 23.6 Å². The summed E-state index contributed by atoms with van der Waals surface area (Å²) >= 11 is 0. The molecule has 2 aliphatic rings. The molecule has 1 aromatic carbocycles. The Hall–Kier alpha value is -2.41. The van der Waals surface area contributed by atoms with E-state index >= 15 is 0 Å².